The quantitative estimate of drug-likeness (QED) is 0.233. The van der Waals surface area contributed by atoms with Crippen LogP contribution in [-0.4, -0.2) is 66.4 Å². The minimum absolute atomic E-state index is 0.0170. The van der Waals surface area contributed by atoms with Crippen LogP contribution in [0, 0.1) is 0 Å². The number of carbonyl (C=O) groups excluding carboxylic acids is 2. The third kappa shape index (κ3) is 4.90. The molecular weight excluding hydrogens is 296 g/mol. The number of guanidine groups is 1. The molecule has 0 radical (unpaired) electrons. The lowest BCUT2D eigenvalue weighted by Crippen LogP contribution is -2.62. The summed E-state index contributed by atoms with van der Waals surface area (Å²) in [6.45, 7) is 2.99. The molecule has 2 heterocycles. The Balaban J connectivity index is 1.98. The Hall–Kier alpha value is -1.67. The van der Waals surface area contributed by atoms with Gasteiger partial charge in [0.25, 0.3) is 5.91 Å². The van der Waals surface area contributed by atoms with Gasteiger partial charge in [0.05, 0.1) is 6.04 Å². The Bertz CT molecular complexity index is 428. The standard InChI is InChI=1S/C15H28N6O2/c16-15(17)19-8-3-5-12(11-22)21(20-9-4-10-20)14(23)13-6-1-2-7-18-13/h11-13,18H,1-10H2,(H4,16,17,19)/t12-,13+/m0/s1. The molecule has 8 nitrogen and oxygen atoms in total. The first kappa shape index (κ1) is 17.7. The molecule has 0 saturated carbocycles. The largest absolute Gasteiger partial charge is 0.370 e. The Labute approximate surface area is 137 Å². The second-order valence-corrected chi connectivity index (χ2v) is 6.14. The van der Waals surface area contributed by atoms with Crippen LogP contribution < -0.4 is 16.8 Å². The van der Waals surface area contributed by atoms with Crippen molar-refractivity contribution in [3.8, 4) is 0 Å². The van der Waals surface area contributed by atoms with Crippen molar-refractivity contribution in [2.45, 2.75) is 50.6 Å². The summed E-state index contributed by atoms with van der Waals surface area (Å²) >= 11 is 0. The van der Waals surface area contributed by atoms with Gasteiger partial charge < -0.3 is 21.6 Å². The zero-order chi connectivity index (χ0) is 16.7. The van der Waals surface area contributed by atoms with Crippen molar-refractivity contribution in [2.24, 2.45) is 16.5 Å². The number of aliphatic imine (C=N–C) groups is 1. The summed E-state index contributed by atoms with van der Waals surface area (Å²) in [7, 11) is 0. The first-order chi connectivity index (χ1) is 11.1. The Kier molecular flexibility index (Phi) is 6.79. The zero-order valence-electron chi connectivity index (χ0n) is 13.6. The van der Waals surface area contributed by atoms with Crippen LogP contribution in [-0.2, 0) is 9.59 Å². The van der Waals surface area contributed by atoms with Crippen molar-refractivity contribution in [3.63, 3.8) is 0 Å². The normalized spacial score (nSPS) is 22.7. The van der Waals surface area contributed by atoms with Gasteiger partial charge in [-0.15, -0.1) is 0 Å². The summed E-state index contributed by atoms with van der Waals surface area (Å²) < 4.78 is 0. The topological polar surface area (TPSA) is 117 Å². The van der Waals surface area contributed by atoms with E-state index in [9.17, 15) is 9.59 Å². The average molecular weight is 324 g/mol. The predicted octanol–water partition coefficient (Wildman–Crippen LogP) is -0.801. The molecule has 0 spiro atoms. The second-order valence-electron chi connectivity index (χ2n) is 6.14. The number of rotatable bonds is 8. The number of amides is 1. The van der Waals surface area contributed by atoms with E-state index in [-0.39, 0.29) is 17.9 Å². The third-order valence-electron chi connectivity index (χ3n) is 4.39. The number of hydrogen-bond donors (Lipinski definition) is 3. The van der Waals surface area contributed by atoms with Gasteiger partial charge in [-0.05, 0) is 38.6 Å². The zero-order valence-corrected chi connectivity index (χ0v) is 13.6. The maximum Gasteiger partial charge on any atom is 0.254 e. The van der Waals surface area contributed by atoms with Gasteiger partial charge in [0.1, 0.15) is 12.3 Å². The monoisotopic (exact) mass is 324 g/mol. The second kappa shape index (κ2) is 8.83. The van der Waals surface area contributed by atoms with Crippen LogP contribution in [0.4, 0.5) is 0 Å². The highest BCUT2D eigenvalue weighted by Gasteiger charge is 2.36. The molecule has 0 bridgehead atoms. The van der Waals surface area contributed by atoms with E-state index in [1.54, 1.807) is 5.01 Å². The van der Waals surface area contributed by atoms with E-state index in [2.05, 4.69) is 10.3 Å². The molecule has 0 aromatic heterocycles. The summed E-state index contributed by atoms with van der Waals surface area (Å²) in [5.74, 6) is 0.0677. The van der Waals surface area contributed by atoms with E-state index in [1.807, 2.05) is 5.01 Å². The molecule has 2 aliphatic heterocycles. The van der Waals surface area contributed by atoms with E-state index < -0.39 is 6.04 Å². The fourth-order valence-electron chi connectivity index (χ4n) is 3.01. The highest BCUT2D eigenvalue weighted by atomic mass is 16.2. The predicted molar refractivity (Wildman–Crippen MR) is 88.4 cm³/mol. The van der Waals surface area contributed by atoms with Crippen molar-refractivity contribution >= 4 is 18.2 Å². The molecule has 2 fully saturated rings. The molecule has 5 N–H and O–H groups in total. The van der Waals surface area contributed by atoms with Gasteiger partial charge in [-0.1, -0.05) is 6.42 Å². The number of hydrogen-bond acceptors (Lipinski definition) is 5. The molecule has 0 unspecified atom stereocenters. The number of piperidine rings is 1. The van der Waals surface area contributed by atoms with E-state index >= 15 is 0 Å². The van der Waals surface area contributed by atoms with Crippen molar-refractivity contribution in [2.75, 3.05) is 26.2 Å². The van der Waals surface area contributed by atoms with Gasteiger partial charge in [-0.25, -0.2) is 5.01 Å². The fraction of sp³-hybridized carbons (Fsp3) is 0.800. The number of nitrogens with zero attached hydrogens (tertiary/aromatic N) is 3. The number of aldehydes is 1. The van der Waals surface area contributed by atoms with Crippen molar-refractivity contribution < 1.29 is 9.59 Å². The van der Waals surface area contributed by atoms with Crippen LogP contribution in [0.3, 0.4) is 0 Å². The van der Waals surface area contributed by atoms with E-state index in [1.165, 1.54) is 0 Å². The smallest absolute Gasteiger partial charge is 0.254 e. The lowest BCUT2D eigenvalue weighted by molar-refractivity contribution is -0.169. The molecule has 0 aromatic rings. The van der Waals surface area contributed by atoms with Crippen LogP contribution in [0.25, 0.3) is 0 Å². The van der Waals surface area contributed by atoms with Gasteiger partial charge in [0, 0.05) is 19.6 Å². The Morgan fingerprint density at radius 3 is 2.65 bits per heavy atom. The van der Waals surface area contributed by atoms with Gasteiger partial charge in [-0.3, -0.25) is 14.8 Å². The van der Waals surface area contributed by atoms with Gasteiger partial charge >= 0.3 is 0 Å². The number of nitrogens with one attached hydrogen (secondary N) is 1. The van der Waals surface area contributed by atoms with Gasteiger partial charge in [0.2, 0.25) is 0 Å². The lowest BCUT2D eigenvalue weighted by atomic mass is 10.0. The SMILES string of the molecule is NC(N)=NCCC[C@@H](C=O)N(C(=O)[C@H]1CCCCN1)N1CCC1. The molecule has 2 rings (SSSR count). The summed E-state index contributed by atoms with van der Waals surface area (Å²) in [4.78, 5) is 28.4. The summed E-state index contributed by atoms with van der Waals surface area (Å²) in [5, 5.41) is 6.93. The van der Waals surface area contributed by atoms with Crippen molar-refractivity contribution in [1.29, 1.82) is 0 Å². The Morgan fingerprint density at radius 2 is 2.13 bits per heavy atom. The molecule has 2 aliphatic rings. The van der Waals surface area contributed by atoms with E-state index in [0.29, 0.717) is 19.4 Å². The maximum atomic E-state index is 12.9. The Morgan fingerprint density at radius 1 is 1.35 bits per heavy atom. The van der Waals surface area contributed by atoms with Crippen LogP contribution in [0.15, 0.2) is 4.99 Å². The third-order valence-corrected chi connectivity index (χ3v) is 4.39. The van der Waals surface area contributed by atoms with Crippen molar-refractivity contribution in [1.82, 2.24) is 15.3 Å². The molecule has 130 valence electrons. The van der Waals surface area contributed by atoms with E-state index in [4.69, 9.17) is 11.5 Å². The molecule has 0 aromatic carbocycles. The first-order valence-electron chi connectivity index (χ1n) is 8.45. The first-order valence-corrected chi connectivity index (χ1v) is 8.45. The molecule has 0 aliphatic carbocycles. The molecule has 8 heteroatoms. The lowest BCUT2D eigenvalue weighted by Gasteiger charge is -2.45. The highest BCUT2D eigenvalue weighted by Crippen LogP contribution is 2.20. The summed E-state index contributed by atoms with van der Waals surface area (Å²) in [5.41, 5.74) is 10.6. The summed E-state index contributed by atoms with van der Waals surface area (Å²) in [6, 6.07) is -0.620. The molecular formula is C15H28N6O2. The van der Waals surface area contributed by atoms with Crippen LogP contribution >= 0.6 is 0 Å². The number of nitrogens with two attached hydrogens (primary N) is 2. The molecule has 2 saturated heterocycles. The fourth-order valence-corrected chi connectivity index (χ4v) is 3.01. The number of carbonyl (C=O) groups is 2. The van der Waals surface area contributed by atoms with Crippen LogP contribution in [0.2, 0.25) is 0 Å². The highest BCUT2D eigenvalue weighted by molar-refractivity contribution is 5.84. The van der Waals surface area contributed by atoms with Gasteiger partial charge in [0.15, 0.2) is 5.96 Å². The molecule has 2 atom stereocenters. The minimum Gasteiger partial charge on any atom is -0.370 e. The average Bonchev–Trinajstić information content (AvgIpc) is 2.51. The minimum atomic E-state index is -0.444. The van der Waals surface area contributed by atoms with Crippen LogP contribution in [0.5, 0.6) is 0 Å². The maximum absolute atomic E-state index is 12.9. The summed E-state index contributed by atoms with van der Waals surface area (Å²) in [6.07, 6.45) is 6.14. The van der Waals surface area contributed by atoms with Crippen molar-refractivity contribution in [3.05, 3.63) is 0 Å². The molecule has 1 amide bonds. The number of hydrazine groups is 1. The van der Waals surface area contributed by atoms with Crippen LogP contribution in [0.1, 0.15) is 38.5 Å². The van der Waals surface area contributed by atoms with E-state index in [0.717, 1.165) is 51.6 Å². The molecule has 23 heavy (non-hydrogen) atoms. The van der Waals surface area contributed by atoms with Gasteiger partial charge in [-0.2, -0.15) is 0 Å².